The molecule has 0 aliphatic heterocycles. The lowest BCUT2D eigenvalue weighted by molar-refractivity contribution is -0.137. The SMILES string of the molecule is COc1ccc(/C=C(\C#N)C(=O)OCC(=O)c2ccc(NC(=O)c3ccccc3)cc2)cc1. The number of carbonyl (C=O) groups is 3. The molecule has 0 aliphatic carbocycles. The van der Waals surface area contributed by atoms with Crippen molar-refractivity contribution in [3.8, 4) is 11.8 Å². The molecule has 0 aromatic heterocycles. The summed E-state index contributed by atoms with van der Waals surface area (Å²) in [7, 11) is 1.54. The minimum atomic E-state index is -0.895. The van der Waals surface area contributed by atoms with Crippen molar-refractivity contribution in [3.63, 3.8) is 0 Å². The molecule has 0 saturated heterocycles. The molecular weight excluding hydrogens is 420 g/mol. The maximum Gasteiger partial charge on any atom is 0.349 e. The number of nitrogens with one attached hydrogen (secondary N) is 1. The molecule has 33 heavy (non-hydrogen) atoms. The molecule has 0 spiro atoms. The molecule has 1 N–H and O–H groups in total. The maximum atomic E-state index is 12.4. The van der Waals surface area contributed by atoms with Crippen LogP contribution in [0.4, 0.5) is 5.69 Å². The third-order valence-corrected chi connectivity index (χ3v) is 4.60. The average Bonchev–Trinajstić information content (AvgIpc) is 2.87. The number of hydrogen-bond acceptors (Lipinski definition) is 6. The second-order valence-electron chi connectivity index (χ2n) is 6.84. The monoisotopic (exact) mass is 440 g/mol. The van der Waals surface area contributed by atoms with Gasteiger partial charge < -0.3 is 14.8 Å². The van der Waals surface area contributed by atoms with E-state index in [0.717, 1.165) is 0 Å². The van der Waals surface area contributed by atoms with Crippen LogP contribution in [0, 0.1) is 11.3 Å². The van der Waals surface area contributed by atoms with Crippen LogP contribution in [0.5, 0.6) is 5.75 Å². The summed E-state index contributed by atoms with van der Waals surface area (Å²) >= 11 is 0. The van der Waals surface area contributed by atoms with Gasteiger partial charge in [-0.3, -0.25) is 9.59 Å². The number of Topliss-reactive ketones (excluding diaryl/α,β-unsaturated/α-hetero) is 1. The summed E-state index contributed by atoms with van der Waals surface area (Å²) < 4.78 is 10.1. The highest BCUT2D eigenvalue weighted by molar-refractivity contribution is 6.05. The summed E-state index contributed by atoms with van der Waals surface area (Å²) in [6.07, 6.45) is 1.37. The van der Waals surface area contributed by atoms with Gasteiger partial charge in [0.1, 0.15) is 17.4 Å². The summed E-state index contributed by atoms with van der Waals surface area (Å²) in [5.74, 6) is -0.958. The van der Waals surface area contributed by atoms with Gasteiger partial charge in [-0.2, -0.15) is 5.26 Å². The van der Waals surface area contributed by atoms with E-state index in [9.17, 15) is 19.6 Å². The van der Waals surface area contributed by atoms with E-state index in [1.165, 1.54) is 25.3 Å². The quantitative estimate of drug-likeness (QED) is 0.243. The van der Waals surface area contributed by atoms with Gasteiger partial charge >= 0.3 is 5.97 Å². The number of methoxy groups -OCH3 is 1. The molecule has 3 rings (SSSR count). The van der Waals surface area contributed by atoms with Gasteiger partial charge in [-0.1, -0.05) is 30.3 Å². The first-order valence-electron chi connectivity index (χ1n) is 9.93. The van der Waals surface area contributed by atoms with Gasteiger partial charge in [0.25, 0.3) is 5.91 Å². The van der Waals surface area contributed by atoms with Gasteiger partial charge in [0.2, 0.25) is 0 Å². The maximum absolute atomic E-state index is 12.4. The molecule has 164 valence electrons. The zero-order valence-corrected chi connectivity index (χ0v) is 17.8. The number of esters is 1. The molecule has 0 atom stereocenters. The van der Waals surface area contributed by atoms with Crippen molar-refractivity contribution in [2.24, 2.45) is 0 Å². The van der Waals surface area contributed by atoms with E-state index in [4.69, 9.17) is 9.47 Å². The lowest BCUT2D eigenvalue weighted by atomic mass is 10.1. The second kappa shape index (κ2) is 11.1. The summed E-state index contributed by atoms with van der Waals surface area (Å²) in [6, 6.07) is 23.5. The van der Waals surface area contributed by atoms with Crippen molar-refractivity contribution >= 4 is 29.4 Å². The Bertz CT molecular complexity index is 1210. The Morgan fingerprint density at radius 1 is 0.909 bits per heavy atom. The summed E-state index contributed by atoms with van der Waals surface area (Å²) in [4.78, 5) is 36.8. The minimum Gasteiger partial charge on any atom is -0.497 e. The van der Waals surface area contributed by atoms with E-state index in [1.54, 1.807) is 66.7 Å². The highest BCUT2D eigenvalue weighted by atomic mass is 16.5. The molecule has 0 aliphatic rings. The molecule has 0 unspecified atom stereocenters. The van der Waals surface area contributed by atoms with Crippen LogP contribution in [0.1, 0.15) is 26.3 Å². The van der Waals surface area contributed by atoms with E-state index in [-0.39, 0.29) is 11.5 Å². The smallest absolute Gasteiger partial charge is 0.349 e. The second-order valence-corrected chi connectivity index (χ2v) is 6.84. The van der Waals surface area contributed by atoms with E-state index < -0.39 is 18.4 Å². The van der Waals surface area contributed by atoms with Gasteiger partial charge in [-0.25, -0.2) is 4.79 Å². The van der Waals surface area contributed by atoms with E-state index in [0.29, 0.717) is 28.1 Å². The molecule has 3 aromatic rings. The van der Waals surface area contributed by atoms with Crippen LogP contribution in [0.3, 0.4) is 0 Å². The number of nitriles is 1. The molecule has 7 nitrogen and oxygen atoms in total. The molecule has 0 fully saturated rings. The van der Waals surface area contributed by atoms with Crippen molar-refractivity contribution in [3.05, 3.63) is 101 Å². The van der Waals surface area contributed by atoms with Crippen LogP contribution < -0.4 is 10.1 Å². The normalized spacial score (nSPS) is 10.6. The molecular formula is C26H20N2O5. The number of ether oxygens (including phenoxy) is 2. The lowest BCUT2D eigenvalue weighted by Crippen LogP contribution is -2.15. The van der Waals surface area contributed by atoms with Gasteiger partial charge in [-0.15, -0.1) is 0 Å². The number of anilines is 1. The zero-order valence-electron chi connectivity index (χ0n) is 17.8. The van der Waals surface area contributed by atoms with Crippen molar-refractivity contribution < 1.29 is 23.9 Å². The first-order valence-corrected chi connectivity index (χ1v) is 9.93. The number of nitrogens with zero attached hydrogens (tertiary/aromatic N) is 1. The van der Waals surface area contributed by atoms with Crippen LogP contribution in [-0.4, -0.2) is 31.4 Å². The minimum absolute atomic E-state index is 0.230. The molecule has 1 amide bonds. The molecule has 3 aromatic carbocycles. The van der Waals surface area contributed by atoms with Gasteiger partial charge in [0, 0.05) is 16.8 Å². The Labute approximate surface area is 190 Å². The average molecular weight is 440 g/mol. The van der Waals surface area contributed by atoms with Gasteiger partial charge in [0.15, 0.2) is 12.4 Å². The van der Waals surface area contributed by atoms with Crippen molar-refractivity contribution in [2.45, 2.75) is 0 Å². The molecule has 0 bridgehead atoms. The first-order chi connectivity index (χ1) is 16.0. The number of benzene rings is 3. The molecule has 0 saturated carbocycles. The third-order valence-electron chi connectivity index (χ3n) is 4.60. The number of carbonyl (C=O) groups excluding carboxylic acids is 3. The predicted molar refractivity (Wildman–Crippen MR) is 123 cm³/mol. The first kappa shape index (κ1) is 23.0. The largest absolute Gasteiger partial charge is 0.497 e. The number of ketones is 1. The fourth-order valence-corrected chi connectivity index (χ4v) is 2.83. The van der Waals surface area contributed by atoms with E-state index >= 15 is 0 Å². The topological polar surface area (TPSA) is 105 Å². The third kappa shape index (κ3) is 6.39. The lowest BCUT2D eigenvalue weighted by Gasteiger charge is -2.07. The van der Waals surface area contributed by atoms with E-state index in [2.05, 4.69) is 5.32 Å². The Morgan fingerprint density at radius 3 is 2.18 bits per heavy atom. The molecule has 0 radical (unpaired) electrons. The summed E-state index contributed by atoms with van der Waals surface area (Å²) in [5.41, 5.74) is 1.72. The van der Waals surface area contributed by atoms with Crippen LogP contribution in [0.15, 0.2) is 84.4 Å². The Balaban J connectivity index is 1.57. The standard InChI is InChI=1S/C26H20N2O5/c1-32-23-13-7-18(8-14-23)15-21(16-27)26(31)33-17-24(29)19-9-11-22(12-10-19)28-25(30)20-5-3-2-4-6-20/h2-15H,17H2,1H3,(H,28,30)/b21-15+. The Hall–Kier alpha value is -4.70. The number of rotatable bonds is 8. The zero-order chi connectivity index (χ0) is 23.6. The summed E-state index contributed by atoms with van der Waals surface area (Å²) in [6.45, 7) is -0.518. The van der Waals surface area contributed by atoms with Crippen LogP contribution in [-0.2, 0) is 9.53 Å². The molecule has 0 heterocycles. The van der Waals surface area contributed by atoms with Crippen molar-refractivity contribution in [2.75, 3.05) is 19.0 Å². The Morgan fingerprint density at radius 2 is 1.58 bits per heavy atom. The number of amides is 1. The van der Waals surface area contributed by atoms with Crippen molar-refractivity contribution in [1.29, 1.82) is 5.26 Å². The molecule has 7 heteroatoms. The van der Waals surface area contributed by atoms with E-state index in [1.807, 2.05) is 6.07 Å². The predicted octanol–water partition coefficient (Wildman–Crippen LogP) is 4.28. The van der Waals surface area contributed by atoms with Gasteiger partial charge in [-0.05, 0) is 60.2 Å². The highest BCUT2D eigenvalue weighted by Crippen LogP contribution is 2.15. The van der Waals surface area contributed by atoms with Gasteiger partial charge in [0.05, 0.1) is 7.11 Å². The Kier molecular flexibility index (Phi) is 7.71. The summed E-state index contributed by atoms with van der Waals surface area (Å²) in [5, 5.41) is 12.0. The van der Waals surface area contributed by atoms with Crippen molar-refractivity contribution in [1.82, 2.24) is 0 Å². The highest BCUT2D eigenvalue weighted by Gasteiger charge is 2.15. The number of hydrogen-bond donors (Lipinski definition) is 1. The fourth-order valence-electron chi connectivity index (χ4n) is 2.83. The fraction of sp³-hybridized carbons (Fsp3) is 0.0769. The van der Waals surface area contributed by atoms with Crippen LogP contribution in [0.25, 0.3) is 6.08 Å². The van der Waals surface area contributed by atoms with Crippen LogP contribution >= 0.6 is 0 Å². The van der Waals surface area contributed by atoms with Crippen LogP contribution in [0.2, 0.25) is 0 Å².